The van der Waals surface area contributed by atoms with Crippen molar-refractivity contribution in [2.24, 2.45) is 0 Å². The first kappa shape index (κ1) is 17.7. The predicted octanol–water partition coefficient (Wildman–Crippen LogP) is 4.01. The molecule has 2 aromatic carbocycles. The Morgan fingerprint density at radius 2 is 2.15 bits per heavy atom. The first-order valence-electron chi connectivity index (χ1n) is 8.67. The zero-order chi connectivity index (χ0) is 18.8. The highest BCUT2D eigenvalue weighted by atomic mass is 32.2. The van der Waals surface area contributed by atoms with Crippen LogP contribution in [-0.4, -0.2) is 28.3 Å². The van der Waals surface area contributed by atoms with Crippen LogP contribution in [0.25, 0.3) is 11.4 Å². The van der Waals surface area contributed by atoms with Gasteiger partial charge in [0, 0.05) is 17.8 Å². The lowest BCUT2D eigenvalue weighted by molar-refractivity contribution is -0.116. The Labute approximate surface area is 160 Å². The van der Waals surface area contributed by atoms with E-state index < -0.39 is 0 Å². The fourth-order valence-corrected chi connectivity index (χ4v) is 3.79. The third-order valence-electron chi connectivity index (χ3n) is 4.54. The van der Waals surface area contributed by atoms with Gasteiger partial charge in [0.1, 0.15) is 5.82 Å². The van der Waals surface area contributed by atoms with Crippen LogP contribution in [0.3, 0.4) is 0 Å². The highest BCUT2D eigenvalue weighted by Crippen LogP contribution is 2.28. The Hall–Kier alpha value is -2.67. The number of amides is 1. The number of fused-ring (bicyclic) bond motifs is 1. The van der Waals surface area contributed by atoms with Crippen molar-refractivity contribution in [2.45, 2.75) is 19.1 Å². The van der Waals surface area contributed by atoms with Gasteiger partial charge in [-0.3, -0.25) is 4.79 Å². The normalized spacial score (nSPS) is 13.0. The van der Waals surface area contributed by atoms with E-state index in [0.29, 0.717) is 34.3 Å². The molecular weight excluding hydrogens is 365 g/mol. The molecule has 5 nitrogen and oxygen atoms in total. The molecule has 4 rings (SSSR count). The van der Waals surface area contributed by atoms with Crippen LogP contribution in [0.5, 0.6) is 0 Å². The smallest absolute Gasteiger partial charge is 0.237 e. The quantitative estimate of drug-likeness (QED) is 0.666. The lowest BCUT2D eigenvalue weighted by Crippen LogP contribution is -2.30. The summed E-state index contributed by atoms with van der Waals surface area (Å²) in [5.74, 6) is 1.32. The van der Waals surface area contributed by atoms with E-state index in [0.717, 1.165) is 18.7 Å². The number of para-hydroxylation sites is 1. The van der Waals surface area contributed by atoms with Gasteiger partial charge in [0.15, 0.2) is 0 Å². The first-order chi connectivity index (χ1) is 13.1. The molecule has 0 saturated heterocycles. The molecule has 0 atom stereocenters. The number of thioether (sulfide) groups is 1. The van der Waals surface area contributed by atoms with E-state index >= 15 is 0 Å². The number of hydrogen-bond donors (Lipinski definition) is 0. The van der Waals surface area contributed by atoms with Crippen LogP contribution in [0.4, 0.5) is 10.1 Å². The zero-order valence-corrected chi connectivity index (χ0v) is 15.6. The van der Waals surface area contributed by atoms with E-state index in [4.69, 9.17) is 4.52 Å². The Morgan fingerprint density at radius 3 is 3.00 bits per heavy atom. The Balaban J connectivity index is 1.34. The van der Waals surface area contributed by atoms with Crippen molar-refractivity contribution in [1.29, 1.82) is 0 Å². The van der Waals surface area contributed by atoms with Gasteiger partial charge in [-0.1, -0.05) is 35.5 Å². The third-order valence-corrected chi connectivity index (χ3v) is 5.44. The number of anilines is 1. The number of carbonyl (C=O) groups excluding carboxylic acids is 1. The summed E-state index contributed by atoms with van der Waals surface area (Å²) in [6.07, 6.45) is 0.896. The van der Waals surface area contributed by atoms with E-state index in [1.54, 1.807) is 19.1 Å². The number of hydrogen-bond acceptors (Lipinski definition) is 5. The van der Waals surface area contributed by atoms with Crippen molar-refractivity contribution >= 4 is 23.4 Å². The van der Waals surface area contributed by atoms with Crippen molar-refractivity contribution < 1.29 is 13.7 Å². The maximum atomic E-state index is 13.7. The molecule has 27 heavy (non-hydrogen) atoms. The largest absolute Gasteiger partial charge is 0.338 e. The summed E-state index contributed by atoms with van der Waals surface area (Å²) in [4.78, 5) is 18.6. The van der Waals surface area contributed by atoms with Crippen molar-refractivity contribution in [3.05, 3.63) is 65.3 Å². The lowest BCUT2D eigenvalue weighted by atomic mass is 10.1. The van der Waals surface area contributed by atoms with Gasteiger partial charge in [-0.2, -0.15) is 4.98 Å². The second kappa shape index (κ2) is 7.52. The second-order valence-electron chi connectivity index (χ2n) is 6.39. The molecule has 1 amide bonds. The minimum atomic E-state index is -0.301. The summed E-state index contributed by atoms with van der Waals surface area (Å²) in [7, 11) is 0. The van der Waals surface area contributed by atoms with Crippen LogP contribution < -0.4 is 4.90 Å². The number of benzene rings is 2. The van der Waals surface area contributed by atoms with E-state index in [1.165, 1.54) is 23.4 Å². The molecule has 1 aliphatic rings. The van der Waals surface area contributed by atoms with Crippen molar-refractivity contribution in [1.82, 2.24) is 10.1 Å². The van der Waals surface area contributed by atoms with Gasteiger partial charge >= 0.3 is 0 Å². The minimum absolute atomic E-state index is 0.0743. The van der Waals surface area contributed by atoms with Crippen molar-refractivity contribution in [3.8, 4) is 11.4 Å². The molecule has 0 radical (unpaired) electrons. The number of rotatable bonds is 5. The Kier molecular flexibility index (Phi) is 4.94. The van der Waals surface area contributed by atoms with E-state index in [9.17, 15) is 9.18 Å². The minimum Gasteiger partial charge on any atom is -0.338 e. The monoisotopic (exact) mass is 383 g/mol. The molecule has 0 N–H and O–H groups in total. The van der Waals surface area contributed by atoms with Gasteiger partial charge in [-0.25, -0.2) is 4.39 Å². The molecule has 138 valence electrons. The summed E-state index contributed by atoms with van der Waals surface area (Å²) in [5.41, 5.74) is 3.36. The number of aromatic nitrogens is 2. The number of nitrogens with zero attached hydrogens (tertiary/aromatic N) is 3. The molecule has 0 saturated carbocycles. The fraction of sp³-hybridized carbons (Fsp3) is 0.250. The maximum absolute atomic E-state index is 13.7. The maximum Gasteiger partial charge on any atom is 0.237 e. The van der Waals surface area contributed by atoms with Crippen molar-refractivity contribution in [2.75, 3.05) is 17.2 Å². The third kappa shape index (κ3) is 3.73. The summed E-state index contributed by atoms with van der Waals surface area (Å²) in [6, 6.07) is 12.8. The van der Waals surface area contributed by atoms with Gasteiger partial charge in [0.25, 0.3) is 0 Å². The first-order valence-corrected chi connectivity index (χ1v) is 9.82. The number of aryl methyl sites for hydroxylation is 1. The standard InChI is InChI=1S/C20H18FN3O2S/c1-13-6-7-15(10-16(13)21)20-22-18(26-23-20)11-27-12-19(25)24-9-8-14-4-2-3-5-17(14)24/h2-7,10H,8-9,11-12H2,1H3. The van der Waals surface area contributed by atoms with Crippen LogP contribution >= 0.6 is 11.8 Å². The summed E-state index contributed by atoms with van der Waals surface area (Å²) in [6.45, 7) is 2.43. The van der Waals surface area contributed by atoms with Gasteiger partial charge in [0.05, 0.1) is 11.5 Å². The average Bonchev–Trinajstić information content (AvgIpc) is 3.31. The van der Waals surface area contributed by atoms with Crippen LogP contribution in [0, 0.1) is 12.7 Å². The zero-order valence-electron chi connectivity index (χ0n) is 14.8. The molecule has 3 aromatic rings. The highest BCUT2D eigenvalue weighted by molar-refractivity contribution is 7.99. The second-order valence-corrected chi connectivity index (χ2v) is 7.38. The van der Waals surface area contributed by atoms with Gasteiger partial charge in [-0.05, 0) is 36.6 Å². The molecule has 0 bridgehead atoms. The van der Waals surface area contributed by atoms with Gasteiger partial charge in [0.2, 0.25) is 17.6 Å². The molecule has 0 aliphatic carbocycles. The van der Waals surface area contributed by atoms with E-state index in [1.807, 2.05) is 23.1 Å². The molecular formula is C20H18FN3O2S. The van der Waals surface area contributed by atoms with Crippen LogP contribution in [0.1, 0.15) is 17.0 Å². The van der Waals surface area contributed by atoms with Crippen LogP contribution in [-0.2, 0) is 17.0 Å². The van der Waals surface area contributed by atoms with Crippen LogP contribution in [0.2, 0.25) is 0 Å². The SMILES string of the molecule is Cc1ccc(-c2noc(CSCC(=O)N3CCc4ccccc43)n2)cc1F. The summed E-state index contributed by atoms with van der Waals surface area (Å²) >= 11 is 1.43. The van der Waals surface area contributed by atoms with Gasteiger partial charge in [-0.15, -0.1) is 11.8 Å². The van der Waals surface area contributed by atoms with E-state index in [-0.39, 0.29) is 11.7 Å². The molecule has 7 heteroatoms. The molecule has 0 fully saturated rings. The lowest BCUT2D eigenvalue weighted by Gasteiger charge is -2.16. The molecule has 0 unspecified atom stereocenters. The predicted molar refractivity (Wildman–Crippen MR) is 103 cm³/mol. The van der Waals surface area contributed by atoms with Crippen LogP contribution in [0.15, 0.2) is 47.0 Å². The Morgan fingerprint density at radius 1 is 1.30 bits per heavy atom. The molecule has 1 aromatic heterocycles. The topological polar surface area (TPSA) is 59.2 Å². The molecule has 2 heterocycles. The molecule has 1 aliphatic heterocycles. The fourth-order valence-electron chi connectivity index (χ4n) is 3.06. The van der Waals surface area contributed by atoms with E-state index in [2.05, 4.69) is 16.2 Å². The van der Waals surface area contributed by atoms with Crippen molar-refractivity contribution in [3.63, 3.8) is 0 Å². The highest BCUT2D eigenvalue weighted by Gasteiger charge is 2.24. The van der Waals surface area contributed by atoms with Gasteiger partial charge < -0.3 is 9.42 Å². The molecule has 0 spiro atoms. The number of halogens is 1. The number of carbonyl (C=O) groups is 1. The Bertz CT molecular complexity index is 989. The summed E-state index contributed by atoms with van der Waals surface area (Å²) < 4.78 is 18.9. The average molecular weight is 383 g/mol. The summed E-state index contributed by atoms with van der Waals surface area (Å²) in [5, 5.41) is 3.90.